The van der Waals surface area contributed by atoms with E-state index in [9.17, 15) is 0 Å². The first-order valence-electron chi connectivity index (χ1n) is 7.73. The summed E-state index contributed by atoms with van der Waals surface area (Å²) in [5.74, 6) is 2.49. The molecule has 1 aromatic heterocycles. The predicted octanol–water partition coefficient (Wildman–Crippen LogP) is 4.13. The van der Waals surface area contributed by atoms with Crippen LogP contribution in [0.1, 0.15) is 65.3 Å². The van der Waals surface area contributed by atoms with Crippen LogP contribution in [-0.4, -0.2) is 22.1 Å². The number of anilines is 1. The molecule has 0 spiro atoms. The zero-order valence-corrected chi connectivity index (χ0v) is 13.8. The number of rotatable bonds is 8. The van der Waals surface area contributed by atoms with E-state index >= 15 is 0 Å². The molecule has 20 heavy (non-hydrogen) atoms. The first-order chi connectivity index (χ1) is 9.43. The summed E-state index contributed by atoms with van der Waals surface area (Å²) in [6, 6.07) is 0. The second-order valence-electron chi connectivity index (χ2n) is 5.81. The van der Waals surface area contributed by atoms with Gasteiger partial charge in [-0.25, -0.2) is 4.98 Å². The van der Waals surface area contributed by atoms with Crippen LogP contribution < -0.4 is 10.1 Å². The highest BCUT2D eigenvalue weighted by Crippen LogP contribution is 2.27. The summed E-state index contributed by atoms with van der Waals surface area (Å²) >= 11 is 0. The van der Waals surface area contributed by atoms with Crippen molar-refractivity contribution in [2.24, 2.45) is 0 Å². The Labute approximate surface area is 123 Å². The summed E-state index contributed by atoms with van der Waals surface area (Å²) in [6.07, 6.45) is 3.93. The quantitative estimate of drug-likeness (QED) is 0.777. The Morgan fingerprint density at radius 2 is 1.80 bits per heavy atom. The largest absolute Gasteiger partial charge is 0.471 e. The Hall–Kier alpha value is -1.32. The normalized spacial score (nSPS) is 11.5. The molecule has 0 aromatic carbocycles. The van der Waals surface area contributed by atoms with Crippen molar-refractivity contribution in [3.8, 4) is 5.88 Å². The highest BCUT2D eigenvalue weighted by molar-refractivity contribution is 5.48. The maximum absolute atomic E-state index is 6.10. The molecule has 114 valence electrons. The van der Waals surface area contributed by atoms with E-state index in [-0.39, 0.29) is 5.60 Å². The number of nitrogens with zero attached hydrogens (tertiary/aromatic N) is 2. The van der Waals surface area contributed by atoms with Crippen LogP contribution >= 0.6 is 0 Å². The van der Waals surface area contributed by atoms with Gasteiger partial charge in [-0.05, 0) is 40.0 Å². The molecular weight excluding hydrogens is 250 g/mol. The maximum atomic E-state index is 6.10. The van der Waals surface area contributed by atoms with E-state index in [4.69, 9.17) is 4.74 Å². The van der Waals surface area contributed by atoms with Crippen LogP contribution in [0.4, 0.5) is 5.82 Å². The first-order valence-corrected chi connectivity index (χ1v) is 7.73. The average Bonchev–Trinajstić information content (AvgIpc) is 2.40. The zero-order valence-electron chi connectivity index (χ0n) is 13.8. The highest BCUT2D eigenvalue weighted by atomic mass is 16.5. The minimum Gasteiger partial charge on any atom is -0.471 e. The van der Waals surface area contributed by atoms with Crippen molar-refractivity contribution >= 4 is 5.82 Å². The van der Waals surface area contributed by atoms with Crippen LogP contribution in [0.3, 0.4) is 0 Å². The van der Waals surface area contributed by atoms with Crippen LogP contribution in [0.25, 0.3) is 0 Å². The molecule has 0 amide bonds. The fourth-order valence-electron chi connectivity index (χ4n) is 1.72. The predicted molar refractivity (Wildman–Crippen MR) is 84.5 cm³/mol. The van der Waals surface area contributed by atoms with Gasteiger partial charge in [0.2, 0.25) is 5.88 Å². The maximum Gasteiger partial charge on any atom is 0.222 e. The van der Waals surface area contributed by atoms with Gasteiger partial charge < -0.3 is 10.1 Å². The van der Waals surface area contributed by atoms with Gasteiger partial charge >= 0.3 is 0 Å². The van der Waals surface area contributed by atoms with Crippen LogP contribution in [-0.2, 0) is 6.42 Å². The van der Waals surface area contributed by atoms with Crippen molar-refractivity contribution in [1.29, 1.82) is 0 Å². The zero-order chi connectivity index (χ0) is 15.2. The molecule has 1 rings (SSSR count). The summed E-state index contributed by atoms with van der Waals surface area (Å²) in [4.78, 5) is 9.20. The molecule has 0 saturated heterocycles. The second kappa shape index (κ2) is 7.46. The van der Waals surface area contributed by atoms with E-state index in [2.05, 4.69) is 49.9 Å². The molecule has 4 nitrogen and oxygen atoms in total. The lowest BCUT2D eigenvalue weighted by molar-refractivity contribution is 0.0975. The third kappa shape index (κ3) is 4.66. The lowest BCUT2D eigenvalue weighted by Crippen LogP contribution is -2.28. The minimum atomic E-state index is -0.204. The molecule has 0 radical (unpaired) electrons. The Morgan fingerprint density at radius 1 is 1.10 bits per heavy atom. The molecule has 1 heterocycles. The highest BCUT2D eigenvalue weighted by Gasteiger charge is 2.21. The van der Waals surface area contributed by atoms with Crippen LogP contribution in [0.15, 0.2) is 0 Å². The molecule has 0 saturated carbocycles. The number of hydrogen-bond donors (Lipinski definition) is 1. The van der Waals surface area contributed by atoms with Crippen molar-refractivity contribution in [3.05, 3.63) is 11.4 Å². The molecule has 0 atom stereocenters. The van der Waals surface area contributed by atoms with E-state index in [1.54, 1.807) is 0 Å². The van der Waals surface area contributed by atoms with Crippen LogP contribution in [0.5, 0.6) is 5.88 Å². The number of hydrogen-bond acceptors (Lipinski definition) is 4. The van der Waals surface area contributed by atoms with Gasteiger partial charge in [-0.15, -0.1) is 0 Å². The molecule has 1 aromatic rings. The van der Waals surface area contributed by atoms with E-state index in [1.165, 1.54) is 0 Å². The minimum absolute atomic E-state index is 0.204. The van der Waals surface area contributed by atoms with Gasteiger partial charge in [0.05, 0.1) is 5.56 Å². The van der Waals surface area contributed by atoms with Crippen LogP contribution in [0.2, 0.25) is 0 Å². The van der Waals surface area contributed by atoms with Gasteiger partial charge in [0, 0.05) is 13.0 Å². The SMILES string of the molecule is CCCNc1nc(CCC)nc(OC(C)(C)CC)c1C. The number of ether oxygens (including phenoxy) is 1. The van der Waals surface area contributed by atoms with E-state index < -0.39 is 0 Å². The van der Waals surface area contributed by atoms with Gasteiger partial charge in [0.25, 0.3) is 0 Å². The van der Waals surface area contributed by atoms with Gasteiger partial charge in [0.15, 0.2) is 0 Å². The van der Waals surface area contributed by atoms with Gasteiger partial charge in [0.1, 0.15) is 17.2 Å². The smallest absolute Gasteiger partial charge is 0.222 e. The monoisotopic (exact) mass is 279 g/mol. The summed E-state index contributed by atoms with van der Waals surface area (Å²) in [6.45, 7) is 13.5. The average molecular weight is 279 g/mol. The first kappa shape index (κ1) is 16.7. The molecule has 0 aliphatic heterocycles. The lowest BCUT2D eigenvalue weighted by Gasteiger charge is -2.26. The van der Waals surface area contributed by atoms with Crippen LogP contribution in [0, 0.1) is 6.92 Å². The molecule has 0 fully saturated rings. The van der Waals surface area contributed by atoms with Gasteiger partial charge in [-0.1, -0.05) is 20.8 Å². The summed E-state index contributed by atoms with van der Waals surface area (Å²) in [7, 11) is 0. The lowest BCUT2D eigenvalue weighted by atomic mass is 10.1. The molecule has 0 aliphatic carbocycles. The molecule has 1 N–H and O–H groups in total. The molecule has 0 bridgehead atoms. The third-order valence-corrected chi connectivity index (χ3v) is 3.39. The summed E-state index contributed by atoms with van der Waals surface area (Å²) < 4.78 is 6.10. The topological polar surface area (TPSA) is 47.0 Å². The van der Waals surface area contributed by atoms with Crippen molar-refractivity contribution in [2.75, 3.05) is 11.9 Å². The van der Waals surface area contributed by atoms with E-state index in [0.717, 1.165) is 49.4 Å². The molecule has 0 unspecified atom stereocenters. The van der Waals surface area contributed by atoms with Gasteiger partial charge in [-0.2, -0.15) is 4.98 Å². The molecule has 4 heteroatoms. The number of aryl methyl sites for hydroxylation is 1. The number of nitrogens with one attached hydrogen (secondary N) is 1. The van der Waals surface area contributed by atoms with Crippen molar-refractivity contribution in [2.45, 2.75) is 72.8 Å². The standard InChI is InChI=1S/C16H29N3O/c1-7-10-13-18-14(17-11-8-2)12(4)15(19-13)20-16(5,6)9-3/h7-11H2,1-6H3,(H,17,18,19). The second-order valence-corrected chi connectivity index (χ2v) is 5.81. The summed E-state index contributed by atoms with van der Waals surface area (Å²) in [5, 5.41) is 3.37. The number of aromatic nitrogens is 2. The van der Waals surface area contributed by atoms with E-state index in [1.807, 2.05) is 6.92 Å². The molecule has 0 aliphatic rings. The van der Waals surface area contributed by atoms with Gasteiger partial charge in [-0.3, -0.25) is 0 Å². The summed E-state index contributed by atoms with van der Waals surface area (Å²) in [5.41, 5.74) is 0.796. The fourth-order valence-corrected chi connectivity index (χ4v) is 1.72. The van der Waals surface area contributed by atoms with Crippen molar-refractivity contribution in [1.82, 2.24) is 9.97 Å². The Balaban J connectivity index is 3.10. The van der Waals surface area contributed by atoms with Crippen molar-refractivity contribution in [3.63, 3.8) is 0 Å². The van der Waals surface area contributed by atoms with Crippen molar-refractivity contribution < 1.29 is 4.74 Å². The Morgan fingerprint density at radius 3 is 2.35 bits per heavy atom. The Bertz CT molecular complexity index is 430. The Kier molecular flexibility index (Phi) is 6.24. The molecular formula is C16H29N3O. The van der Waals surface area contributed by atoms with E-state index in [0.29, 0.717) is 5.88 Å². The fraction of sp³-hybridized carbons (Fsp3) is 0.750. The third-order valence-electron chi connectivity index (χ3n) is 3.39.